The number of ketones is 1. The average molecular weight is 285 g/mol. The van der Waals surface area contributed by atoms with Crippen LogP contribution in [-0.2, 0) is 0 Å². The van der Waals surface area contributed by atoms with E-state index in [0.29, 0.717) is 22.7 Å². The van der Waals surface area contributed by atoms with Crippen molar-refractivity contribution in [2.24, 2.45) is 0 Å². The third kappa shape index (κ3) is 2.63. The number of benzene rings is 2. The van der Waals surface area contributed by atoms with Crippen molar-refractivity contribution in [2.75, 3.05) is 0 Å². The van der Waals surface area contributed by atoms with Crippen molar-refractivity contribution >= 4 is 17.4 Å². The molecule has 98 valence electrons. The van der Waals surface area contributed by atoms with Crippen LogP contribution in [0.1, 0.15) is 21.5 Å². The van der Waals surface area contributed by atoms with Gasteiger partial charge in [0.05, 0.1) is 5.56 Å². The predicted octanol–water partition coefficient (Wildman–Crippen LogP) is 4.30. The molecule has 2 rings (SSSR count). The maximum absolute atomic E-state index is 13.5. The molecule has 5 heteroatoms. The Labute approximate surface area is 112 Å². The van der Waals surface area contributed by atoms with Gasteiger partial charge in [0.1, 0.15) is 5.82 Å². The Kier molecular flexibility index (Phi) is 3.62. The number of aryl methyl sites for hydroxylation is 1. The molecule has 19 heavy (non-hydrogen) atoms. The molecule has 0 saturated carbocycles. The van der Waals surface area contributed by atoms with E-state index < -0.39 is 28.8 Å². The Morgan fingerprint density at radius 3 is 2.26 bits per heavy atom. The van der Waals surface area contributed by atoms with Crippen LogP contribution in [0.5, 0.6) is 0 Å². The van der Waals surface area contributed by atoms with Crippen LogP contribution >= 0.6 is 11.6 Å². The molecule has 0 aromatic heterocycles. The zero-order chi connectivity index (χ0) is 14.2. The highest BCUT2D eigenvalue weighted by molar-refractivity contribution is 6.31. The number of carbonyl (C=O) groups excluding carboxylic acids is 1. The summed E-state index contributed by atoms with van der Waals surface area (Å²) in [5.74, 6) is -4.43. The molecular weight excluding hydrogens is 277 g/mol. The SMILES string of the molecule is Cc1cc(C(=O)c2cc(F)c(F)cc2F)ccc1Cl. The number of rotatable bonds is 2. The molecule has 0 heterocycles. The molecule has 0 aliphatic carbocycles. The summed E-state index contributed by atoms with van der Waals surface area (Å²) in [6, 6.07) is 5.26. The lowest BCUT2D eigenvalue weighted by Gasteiger charge is -2.05. The highest BCUT2D eigenvalue weighted by Crippen LogP contribution is 2.21. The van der Waals surface area contributed by atoms with Gasteiger partial charge in [-0.25, -0.2) is 13.2 Å². The molecule has 2 aromatic carbocycles. The van der Waals surface area contributed by atoms with Crippen LogP contribution in [0.4, 0.5) is 13.2 Å². The summed E-state index contributed by atoms with van der Waals surface area (Å²) in [4.78, 5) is 12.0. The first-order valence-corrected chi connectivity index (χ1v) is 5.73. The largest absolute Gasteiger partial charge is 0.288 e. The van der Waals surface area contributed by atoms with Crippen molar-refractivity contribution in [3.8, 4) is 0 Å². The van der Waals surface area contributed by atoms with E-state index in [2.05, 4.69) is 0 Å². The Morgan fingerprint density at radius 2 is 1.63 bits per heavy atom. The second-order valence-corrected chi connectivity index (χ2v) is 4.45. The second kappa shape index (κ2) is 5.05. The summed E-state index contributed by atoms with van der Waals surface area (Å²) in [6.07, 6.45) is 0. The standard InChI is InChI=1S/C14H8ClF3O/c1-7-4-8(2-3-10(7)15)14(19)9-5-12(17)13(18)6-11(9)16/h2-6H,1H3. The lowest BCUT2D eigenvalue weighted by atomic mass is 10.0. The number of carbonyl (C=O) groups is 1. The summed E-state index contributed by atoms with van der Waals surface area (Å²) < 4.78 is 39.4. The van der Waals surface area contributed by atoms with E-state index >= 15 is 0 Å². The first-order chi connectivity index (χ1) is 8.90. The number of hydrogen-bond acceptors (Lipinski definition) is 1. The molecule has 0 bridgehead atoms. The number of halogens is 4. The Hall–Kier alpha value is -1.81. The Bertz CT molecular complexity index is 668. The molecule has 0 saturated heterocycles. The van der Waals surface area contributed by atoms with Gasteiger partial charge < -0.3 is 0 Å². The minimum Gasteiger partial charge on any atom is -0.288 e. The molecule has 0 N–H and O–H groups in total. The van der Waals surface area contributed by atoms with Gasteiger partial charge in [0.25, 0.3) is 0 Å². The summed E-state index contributed by atoms with van der Waals surface area (Å²) in [5, 5.41) is 0.460. The van der Waals surface area contributed by atoms with E-state index in [1.165, 1.54) is 18.2 Å². The third-order valence-electron chi connectivity index (χ3n) is 2.67. The fourth-order valence-corrected chi connectivity index (χ4v) is 1.76. The van der Waals surface area contributed by atoms with Crippen molar-refractivity contribution in [2.45, 2.75) is 6.92 Å². The summed E-state index contributed by atoms with van der Waals surface area (Å²) >= 11 is 5.81. The van der Waals surface area contributed by atoms with E-state index in [1.54, 1.807) is 6.92 Å². The zero-order valence-electron chi connectivity index (χ0n) is 9.81. The van der Waals surface area contributed by atoms with E-state index in [9.17, 15) is 18.0 Å². The number of hydrogen-bond donors (Lipinski definition) is 0. The van der Waals surface area contributed by atoms with Gasteiger partial charge in [0.15, 0.2) is 17.4 Å². The summed E-state index contributed by atoms with van der Waals surface area (Å²) in [5.41, 5.74) is 0.280. The predicted molar refractivity (Wildman–Crippen MR) is 65.9 cm³/mol. The van der Waals surface area contributed by atoms with Gasteiger partial charge in [-0.3, -0.25) is 4.79 Å². The molecule has 0 radical (unpaired) electrons. The van der Waals surface area contributed by atoms with Gasteiger partial charge in [-0.15, -0.1) is 0 Å². The topological polar surface area (TPSA) is 17.1 Å². The first-order valence-electron chi connectivity index (χ1n) is 5.35. The van der Waals surface area contributed by atoms with Crippen LogP contribution in [0.25, 0.3) is 0 Å². The van der Waals surface area contributed by atoms with Crippen LogP contribution in [-0.4, -0.2) is 5.78 Å². The van der Waals surface area contributed by atoms with E-state index in [1.807, 2.05) is 0 Å². The molecule has 0 unspecified atom stereocenters. The van der Waals surface area contributed by atoms with Gasteiger partial charge in [-0.1, -0.05) is 11.6 Å². The van der Waals surface area contributed by atoms with Crippen molar-refractivity contribution in [1.82, 2.24) is 0 Å². The van der Waals surface area contributed by atoms with Crippen LogP contribution in [0.15, 0.2) is 30.3 Å². The summed E-state index contributed by atoms with van der Waals surface area (Å²) in [7, 11) is 0. The third-order valence-corrected chi connectivity index (χ3v) is 3.10. The van der Waals surface area contributed by atoms with Gasteiger partial charge in [0, 0.05) is 16.7 Å². The van der Waals surface area contributed by atoms with Crippen molar-refractivity contribution in [3.05, 3.63) is 69.5 Å². The van der Waals surface area contributed by atoms with Gasteiger partial charge >= 0.3 is 0 Å². The highest BCUT2D eigenvalue weighted by Gasteiger charge is 2.18. The fourth-order valence-electron chi connectivity index (χ4n) is 1.64. The van der Waals surface area contributed by atoms with Gasteiger partial charge in [-0.05, 0) is 36.8 Å². The smallest absolute Gasteiger partial charge is 0.196 e. The maximum Gasteiger partial charge on any atom is 0.196 e. The fraction of sp³-hybridized carbons (Fsp3) is 0.0714. The lowest BCUT2D eigenvalue weighted by Crippen LogP contribution is -2.06. The molecule has 0 aliphatic rings. The van der Waals surface area contributed by atoms with Crippen LogP contribution < -0.4 is 0 Å². The molecule has 2 aromatic rings. The first kappa shape index (κ1) is 13.6. The van der Waals surface area contributed by atoms with Crippen molar-refractivity contribution in [1.29, 1.82) is 0 Å². The van der Waals surface area contributed by atoms with E-state index in [0.717, 1.165) is 0 Å². The Morgan fingerprint density at radius 1 is 1.00 bits per heavy atom. The zero-order valence-corrected chi connectivity index (χ0v) is 10.6. The Balaban J connectivity index is 2.49. The monoisotopic (exact) mass is 284 g/mol. The second-order valence-electron chi connectivity index (χ2n) is 4.04. The maximum atomic E-state index is 13.5. The van der Waals surface area contributed by atoms with Gasteiger partial charge in [-0.2, -0.15) is 0 Å². The highest BCUT2D eigenvalue weighted by atomic mass is 35.5. The van der Waals surface area contributed by atoms with E-state index in [4.69, 9.17) is 11.6 Å². The van der Waals surface area contributed by atoms with E-state index in [-0.39, 0.29) is 5.56 Å². The average Bonchev–Trinajstić information content (AvgIpc) is 2.36. The quantitative estimate of drug-likeness (QED) is 0.594. The minimum atomic E-state index is -1.33. The normalized spacial score (nSPS) is 10.6. The minimum absolute atomic E-state index is 0.159. The molecule has 0 aliphatic heterocycles. The lowest BCUT2D eigenvalue weighted by molar-refractivity contribution is 0.103. The molecule has 0 spiro atoms. The molecular formula is C14H8ClF3O. The molecule has 0 fully saturated rings. The molecule has 0 atom stereocenters. The van der Waals surface area contributed by atoms with Crippen molar-refractivity contribution in [3.63, 3.8) is 0 Å². The van der Waals surface area contributed by atoms with Gasteiger partial charge in [0.2, 0.25) is 0 Å². The molecule has 1 nitrogen and oxygen atoms in total. The van der Waals surface area contributed by atoms with Crippen molar-refractivity contribution < 1.29 is 18.0 Å². The molecule has 0 amide bonds. The summed E-state index contributed by atoms with van der Waals surface area (Å²) in [6.45, 7) is 1.68. The van der Waals surface area contributed by atoms with Crippen LogP contribution in [0, 0.1) is 24.4 Å². The van der Waals surface area contributed by atoms with Crippen LogP contribution in [0.3, 0.4) is 0 Å². The van der Waals surface area contributed by atoms with Crippen LogP contribution in [0.2, 0.25) is 5.02 Å².